The Hall–Kier alpha value is -2.10. The number of benzene rings is 1. The highest BCUT2D eigenvalue weighted by atomic mass is 16.5. The van der Waals surface area contributed by atoms with Crippen LogP contribution in [0.15, 0.2) is 42.5 Å². The molecule has 0 spiro atoms. The van der Waals surface area contributed by atoms with E-state index in [0.717, 1.165) is 0 Å². The van der Waals surface area contributed by atoms with E-state index < -0.39 is 0 Å². The topological polar surface area (TPSA) is 55.4 Å². The van der Waals surface area contributed by atoms with Crippen molar-refractivity contribution in [1.82, 2.24) is 5.32 Å². The van der Waals surface area contributed by atoms with E-state index in [0.29, 0.717) is 12.0 Å². The van der Waals surface area contributed by atoms with Crippen molar-refractivity contribution in [1.29, 1.82) is 0 Å². The molecular formula is C14H15NO3. The largest absolute Gasteiger partial charge is 0.469 e. The summed E-state index contributed by atoms with van der Waals surface area (Å²) in [6.45, 7) is 0. The van der Waals surface area contributed by atoms with Crippen LogP contribution >= 0.6 is 0 Å². The molecule has 1 aliphatic carbocycles. The monoisotopic (exact) mass is 245 g/mol. The van der Waals surface area contributed by atoms with E-state index >= 15 is 0 Å². The first-order valence-electron chi connectivity index (χ1n) is 5.83. The van der Waals surface area contributed by atoms with Crippen molar-refractivity contribution < 1.29 is 14.3 Å². The van der Waals surface area contributed by atoms with Gasteiger partial charge in [-0.2, -0.15) is 0 Å². The highest BCUT2D eigenvalue weighted by Gasteiger charge is 2.26. The van der Waals surface area contributed by atoms with Crippen molar-refractivity contribution in [3.63, 3.8) is 0 Å². The lowest BCUT2D eigenvalue weighted by atomic mass is 10.1. The average molecular weight is 245 g/mol. The number of hydrogen-bond donors (Lipinski definition) is 1. The average Bonchev–Trinajstić information content (AvgIpc) is 2.87. The third-order valence-electron chi connectivity index (χ3n) is 2.94. The molecule has 4 heteroatoms. The van der Waals surface area contributed by atoms with E-state index in [9.17, 15) is 9.59 Å². The third kappa shape index (κ3) is 2.77. The summed E-state index contributed by atoms with van der Waals surface area (Å²) in [5.74, 6) is -0.644. The molecule has 0 fully saturated rings. The molecule has 1 aromatic carbocycles. The highest BCUT2D eigenvalue weighted by molar-refractivity contribution is 5.94. The van der Waals surface area contributed by atoms with Gasteiger partial charge >= 0.3 is 5.97 Å². The van der Waals surface area contributed by atoms with Crippen molar-refractivity contribution in [3.8, 4) is 0 Å². The third-order valence-corrected chi connectivity index (χ3v) is 2.94. The number of rotatable bonds is 3. The lowest BCUT2D eigenvalue weighted by Gasteiger charge is -2.12. The molecule has 1 aliphatic rings. The minimum absolute atomic E-state index is 0.109. The van der Waals surface area contributed by atoms with Gasteiger partial charge in [-0.05, 0) is 18.6 Å². The molecule has 94 valence electrons. The van der Waals surface area contributed by atoms with Gasteiger partial charge in [0.25, 0.3) is 5.91 Å². The zero-order chi connectivity index (χ0) is 13.0. The number of ether oxygens (including phenoxy) is 1. The van der Waals surface area contributed by atoms with Crippen molar-refractivity contribution in [2.75, 3.05) is 7.11 Å². The predicted molar refractivity (Wildman–Crippen MR) is 67.0 cm³/mol. The van der Waals surface area contributed by atoms with Crippen molar-refractivity contribution in [2.24, 2.45) is 5.92 Å². The summed E-state index contributed by atoms with van der Waals surface area (Å²) in [5, 5.41) is 2.87. The second kappa shape index (κ2) is 5.49. The molecule has 4 nitrogen and oxygen atoms in total. The lowest BCUT2D eigenvalue weighted by molar-refractivity contribution is -0.143. The van der Waals surface area contributed by atoms with E-state index in [2.05, 4.69) is 10.1 Å². The van der Waals surface area contributed by atoms with E-state index in [1.54, 1.807) is 18.2 Å². The molecule has 2 rings (SSSR count). The first-order chi connectivity index (χ1) is 8.70. The van der Waals surface area contributed by atoms with Gasteiger partial charge in [0, 0.05) is 11.6 Å². The Morgan fingerprint density at radius 3 is 2.61 bits per heavy atom. The normalized spacial score (nSPS) is 21.6. The van der Waals surface area contributed by atoms with Crippen LogP contribution in [0.3, 0.4) is 0 Å². The molecule has 0 saturated heterocycles. The molecule has 0 heterocycles. The molecular weight excluding hydrogens is 230 g/mol. The van der Waals surface area contributed by atoms with E-state index in [-0.39, 0.29) is 23.8 Å². The quantitative estimate of drug-likeness (QED) is 0.649. The van der Waals surface area contributed by atoms with Crippen molar-refractivity contribution in [2.45, 2.75) is 12.5 Å². The van der Waals surface area contributed by atoms with Gasteiger partial charge < -0.3 is 10.1 Å². The summed E-state index contributed by atoms with van der Waals surface area (Å²) in [6.07, 6.45) is 4.18. The Labute approximate surface area is 106 Å². The number of carbonyl (C=O) groups is 2. The molecule has 2 atom stereocenters. The minimum atomic E-state index is -0.261. The standard InChI is InChI=1S/C14H15NO3/c1-18-14(17)11-7-8-12(9-11)15-13(16)10-5-3-2-4-6-10/h2-8,11-12H,9H2,1H3,(H,15,16)/t11-,12+/m1/s1. The van der Waals surface area contributed by atoms with Crippen LogP contribution in [0.5, 0.6) is 0 Å². The fourth-order valence-corrected chi connectivity index (χ4v) is 1.97. The molecule has 1 aromatic rings. The summed E-state index contributed by atoms with van der Waals surface area (Å²) in [6, 6.07) is 8.89. The first kappa shape index (κ1) is 12.4. The van der Waals surface area contributed by atoms with Crippen LogP contribution in [0, 0.1) is 5.92 Å². The number of methoxy groups -OCH3 is 1. The molecule has 0 unspecified atom stereocenters. The summed E-state index contributed by atoms with van der Waals surface area (Å²) in [5.41, 5.74) is 0.618. The SMILES string of the molecule is COC(=O)[C@@H]1C=C[C@H](NC(=O)c2ccccc2)C1. The number of esters is 1. The molecule has 0 saturated carbocycles. The molecule has 0 bridgehead atoms. The van der Waals surface area contributed by atoms with Gasteiger partial charge in [-0.25, -0.2) is 0 Å². The fourth-order valence-electron chi connectivity index (χ4n) is 1.97. The Bertz CT molecular complexity index is 467. The zero-order valence-electron chi connectivity index (χ0n) is 10.1. The summed E-state index contributed by atoms with van der Waals surface area (Å²) >= 11 is 0. The number of nitrogens with one attached hydrogen (secondary N) is 1. The van der Waals surface area contributed by atoms with Crippen LogP contribution < -0.4 is 5.32 Å². The molecule has 0 aromatic heterocycles. The van der Waals surface area contributed by atoms with Crippen molar-refractivity contribution in [3.05, 3.63) is 48.0 Å². The van der Waals surface area contributed by atoms with Gasteiger partial charge in [0.2, 0.25) is 0 Å². The maximum Gasteiger partial charge on any atom is 0.312 e. The maximum atomic E-state index is 11.9. The van der Waals surface area contributed by atoms with E-state index in [1.807, 2.05) is 24.3 Å². The van der Waals surface area contributed by atoms with Crippen LogP contribution in [0.4, 0.5) is 0 Å². The smallest absolute Gasteiger partial charge is 0.312 e. The molecule has 18 heavy (non-hydrogen) atoms. The predicted octanol–water partition coefficient (Wildman–Crippen LogP) is 1.53. The van der Waals surface area contributed by atoms with Crippen LogP contribution in [0.25, 0.3) is 0 Å². The number of carbonyl (C=O) groups excluding carboxylic acids is 2. The van der Waals surface area contributed by atoms with E-state index in [4.69, 9.17) is 0 Å². The number of amides is 1. The maximum absolute atomic E-state index is 11.9. The molecule has 0 radical (unpaired) electrons. The second-order valence-corrected chi connectivity index (χ2v) is 4.20. The van der Waals surface area contributed by atoms with Gasteiger partial charge in [-0.3, -0.25) is 9.59 Å². The fraction of sp³-hybridized carbons (Fsp3) is 0.286. The van der Waals surface area contributed by atoms with Crippen LogP contribution in [0.1, 0.15) is 16.8 Å². The van der Waals surface area contributed by atoms with Gasteiger partial charge in [-0.15, -0.1) is 0 Å². The van der Waals surface area contributed by atoms with Crippen LogP contribution in [-0.4, -0.2) is 25.0 Å². The van der Waals surface area contributed by atoms with Crippen molar-refractivity contribution >= 4 is 11.9 Å². The Morgan fingerprint density at radius 2 is 1.94 bits per heavy atom. The van der Waals surface area contributed by atoms with Crippen LogP contribution in [-0.2, 0) is 9.53 Å². The zero-order valence-corrected chi connectivity index (χ0v) is 10.1. The number of hydrogen-bond acceptors (Lipinski definition) is 3. The minimum Gasteiger partial charge on any atom is -0.469 e. The van der Waals surface area contributed by atoms with Gasteiger partial charge in [-0.1, -0.05) is 30.4 Å². The summed E-state index contributed by atoms with van der Waals surface area (Å²) in [4.78, 5) is 23.2. The molecule has 1 amide bonds. The summed E-state index contributed by atoms with van der Waals surface area (Å²) in [7, 11) is 1.37. The summed E-state index contributed by atoms with van der Waals surface area (Å²) < 4.78 is 4.67. The lowest BCUT2D eigenvalue weighted by Crippen LogP contribution is -2.33. The Morgan fingerprint density at radius 1 is 1.22 bits per heavy atom. The Balaban J connectivity index is 1.91. The van der Waals surface area contributed by atoms with Gasteiger partial charge in [0.15, 0.2) is 0 Å². The molecule has 0 aliphatic heterocycles. The highest BCUT2D eigenvalue weighted by Crippen LogP contribution is 2.19. The second-order valence-electron chi connectivity index (χ2n) is 4.20. The molecule has 1 N–H and O–H groups in total. The van der Waals surface area contributed by atoms with Gasteiger partial charge in [0.1, 0.15) is 0 Å². The first-order valence-corrected chi connectivity index (χ1v) is 5.83. The van der Waals surface area contributed by atoms with Crippen LogP contribution in [0.2, 0.25) is 0 Å². The Kier molecular flexibility index (Phi) is 3.77. The van der Waals surface area contributed by atoms with Gasteiger partial charge in [0.05, 0.1) is 13.0 Å². The van der Waals surface area contributed by atoms with E-state index in [1.165, 1.54) is 7.11 Å².